The maximum absolute atomic E-state index is 12.8. The summed E-state index contributed by atoms with van der Waals surface area (Å²) in [5.41, 5.74) is 3.44. The quantitative estimate of drug-likeness (QED) is 0.474. The Morgan fingerprint density at radius 3 is 2.35 bits per heavy atom. The molecule has 0 aliphatic carbocycles. The van der Waals surface area contributed by atoms with E-state index < -0.39 is 5.97 Å². The molecule has 5 rings (SSSR count). The molecule has 2 N–H and O–H groups in total. The van der Waals surface area contributed by atoms with Gasteiger partial charge in [-0.3, -0.25) is 4.79 Å². The van der Waals surface area contributed by atoms with Crippen molar-refractivity contribution in [1.29, 1.82) is 0 Å². The fraction of sp³-hybridized carbons (Fsp3) is 0.200. The number of fused-ring (bicyclic) bond motifs is 1. The number of morpholine rings is 1. The predicted molar refractivity (Wildman–Crippen MR) is 128 cm³/mol. The van der Waals surface area contributed by atoms with E-state index in [-0.39, 0.29) is 17.3 Å². The van der Waals surface area contributed by atoms with Crippen LogP contribution in [-0.2, 0) is 4.74 Å². The number of rotatable bonds is 5. The van der Waals surface area contributed by atoms with Crippen LogP contribution in [0, 0.1) is 0 Å². The molecule has 1 saturated heterocycles. The SMILES string of the molecule is CNC(=O)c1nn(-c2ccccc2)c2nc(C(=O)O)cc(-c3ccc(N4CCOCC4)cc3)c12. The van der Waals surface area contributed by atoms with Crippen molar-refractivity contribution in [1.82, 2.24) is 20.1 Å². The molecule has 0 unspecified atom stereocenters. The van der Waals surface area contributed by atoms with E-state index in [1.54, 1.807) is 0 Å². The highest BCUT2D eigenvalue weighted by molar-refractivity contribution is 6.11. The number of carboxylic acids is 1. The summed E-state index contributed by atoms with van der Waals surface area (Å²) >= 11 is 0. The second kappa shape index (κ2) is 8.95. The first-order valence-corrected chi connectivity index (χ1v) is 10.9. The number of nitrogens with one attached hydrogen (secondary N) is 1. The summed E-state index contributed by atoms with van der Waals surface area (Å²) in [5, 5.41) is 17.4. The van der Waals surface area contributed by atoms with Crippen LogP contribution in [0.1, 0.15) is 21.0 Å². The van der Waals surface area contributed by atoms with Crippen LogP contribution >= 0.6 is 0 Å². The average molecular weight is 457 g/mol. The fourth-order valence-corrected chi connectivity index (χ4v) is 4.15. The van der Waals surface area contributed by atoms with Crippen LogP contribution in [0.2, 0.25) is 0 Å². The smallest absolute Gasteiger partial charge is 0.354 e. The number of aromatic nitrogens is 3. The molecule has 1 amide bonds. The molecule has 2 aromatic carbocycles. The van der Waals surface area contributed by atoms with Crippen LogP contribution < -0.4 is 10.2 Å². The summed E-state index contributed by atoms with van der Waals surface area (Å²) < 4.78 is 6.94. The van der Waals surface area contributed by atoms with Crippen molar-refractivity contribution in [2.75, 3.05) is 38.3 Å². The number of carbonyl (C=O) groups excluding carboxylic acids is 1. The van der Waals surface area contributed by atoms with E-state index in [1.807, 2.05) is 54.6 Å². The molecule has 0 radical (unpaired) electrons. The highest BCUT2D eigenvalue weighted by Gasteiger charge is 2.24. The Morgan fingerprint density at radius 2 is 1.71 bits per heavy atom. The molecule has 9 nitrogen and oxygen atoms in total. The number of anilines is 1. The highest BCUT2D eigenvalue weighted by atomic mass is 16.5. The van der Waals surface area contributed by atoms with E-state index in [0.29, 0.717) is 35.5 Å². The van der Waals surface area contributed by atoms with Crippen LogP contribution in [0.4, 0.5) is 5.69 Å². The van der Waals surface area contributed by atoms with Gasteiger partial charge in [0.1, 0.15) is 0 Å². The standard InChI is InChI=1S/C25H23N5O4/c1-26-24(31)22-21-19(16-7-9-17(10-8-16)29-11-13-34-14-12-29)15-20(25(32)33)27-23(21)30(28-22)18-5-3-2-4-6-18/h2-10,15H,11-14H2,1H3,(H,26,31)(H,32,33). The van der Waals surface area contributed by atoms with E-state index in [9.17, 15) is 14.7 Å². The largest absolute Gasteiger partial charge is 0.477 e. The number of ether oxygens (including phenoxy) is 1. The minimum atomic E-state index is -1.16. The predicted octanol–water partition coefficient (Wildman–Crippen LogP) is 2.98. The molecule has 1 aliphatic heterocycles. The number of carbonyl (C=O) groups is 2. The molecule has 2 aromatic heterocycles. The van der Waals surface area contributed by atoms with Gasteiger partial charge in [0, 0.05) is 25.8 Å². The van der Waals surface area contributed by atoms with E-state index in [4.69, 9.17) is 4.74 Å². The van der Waals surface area contributed by atoms with Gasteiger partial charge in [0.25, 0.3) is 5.91 Å². The van der Waals surface area contributed by atoms with Gasteiger partial charge in [-0.2, -0.15) is 5.10 Å². The normalized spacial score (nSPS) is 13.7. The van der Waals surface area contributed by atoms with Crippen molar-refractivity contribution in [2.45, 2.75) is 0 Å². The minimum absolute atomic E-state index is 0.125. The lowest BCUT2D eigenvalue weighted by atomic mass is 10.00. The Labute approximate surface area is 195 Å². The molecule has 0 saturated carbocycles. The Hall–Kier alpha value is -4.24. The third-order valence-corrected chi connectivity index (χ3v) is 5.85. The molecule has 0 atom stereocenters. The monoisotopic (exact) mass is 457 g/mol. The van der Waals surface area contributed by atoms with Gasteiger partial charge in [0.15, 0.2) is 17.0 Å². The number of hydrogen-bond acceptors (Lipinski definition) is 6. The summed E-state index contributed by atoms with van der Waals surface area (Å²) in [7, 11) is 1.53. The van der Waals surface area contributed by atoms with Crippen molar-refractivity contribution < 1.29 is 19.4 Å². The number of amides is 1. The van der Waals surface area contributed by atoms with Crippen LogP contribution in [0.3, 0.4) is 0 Å². The molecule has 1 aliphatic rings. The Balaban J connectivity index is 1.73. The van der Waals surface area contributed by atoms with Gasteiger partial charge < -0.3 is 20.1 Å². The number of pyridine rings is 1. The average Bonchev–Trinajstić information content (AvgIpc) is 3.28. The van der Waals surface area contributed by atoms with Crippen LogP contribution in [0.15, 0.2) is 60.7 Å². The molecule has 34 heavy (non-hydrogen) atoms. The molecule has 4 aromatic rings. The van der Waals surface area contributed by atoms with Crippen LogP contribution in [-0.4, -0.2) is 65.1 Å². The molecule has 0 bridgehead atoms. The summed E-state index contributed by atoms with van der Waals surface area (Å²) in [6.07, 6.45) is 0. The van der Waals surface area contributed by atoms with Gasteiger partial charge >= 0.3 is 5.97 Å². The second-order valence-corrected chi connectivity index (χ2v) is 7.88. The summed E-state index contributed by atoms with van der Waals surface area (Å²) in [4.78, 5) is 31.3. The fourth-order valence-electron chi connectivity index (χ4n) is 4.15. The number of nitrogens with zero attached hydrogens (tertiary/aromatic N) is 4. The molecule has 0 spiro atoms. The Bertz CT molecular complexity index is 1360. The third-order valence-electron chi connectivity index (χ3n) is 5.85. The Kier molecular flexibility index (Phi) is 5.69. The number of carboxylic acid groups (broad SMARTS) is 1. The van der Waals surface area contributed by atoms with Gasteiger partial charge in [0.05, 0.1) is 24.3 Å². The van der Waals surface area contributed by atoms with Crippen molar-refractivity contribution >= 4 is 28.6 Å². The van der Waals surface area contributed by atoms with Crippen molar-refractivity contribution in [2.24, 2.45) is 0 Å². The van der Waals surface area contributed by atoms with E-state index in [2.05, 4.69) is 20.3 Å². The van der Waals surface area contributed by atoms with Gasteiger partial charge in [-0.15, -0.1) is 0 Å². The van der Waals surface area contributed by atoms with Gasteiger partial charge in [0.2, 0.25) is 0 Å². The summed E-state index contributed by atoms with van der Waals surface area (Å²) in [5.74, 6) is -1.54. The summed E-state index contributed by atoms with van der Waals surface area (Å²) in [6, 6.07) is 18.5. The van der Waals surface area contributed by atoms with Gasteiger partial charge in [-0.05, 0) is 41.5 Å². The second-order valence-electron chi connectivity index (χ2n) is 7.88. The first-order chi connectivity index (χ1) is 16.6. The van der Waals surface area contributed by atoms with Gasteiger partial charge in [-0.1, -0.05) is 30.3 Å². The lowest BCUT2D eigenvalue weighted by Crippen LogP contribution is -2.36. The van der Waals surface area contributed by atoms with E-state index in [0.717, 1.165) is 24.3 Å². The number of benzene rings is 2. The number of aromatic carboxylic acids is 1. The molecule has 3 heterocycles. The Morgan fingerprint density at radius 1 is 1.00 bits per heavy atom. The molecule has 172 valence electrons. The maximum Gasteiger partial charge on any atom is 0.354 e. The van der Waals surface area contributed by atoms with E-state index >= 15 is 0 Å². The highest BCUT2D eigenvalue weighted by Crippen LogP contribution is 2.34. The molecular weight excluding hydrogens is 434 g/mol. The number of hydrogen-bond donors (Lipinski definition) is 2. The van der Waals surface area contributed by atoms with Crippen LogP contribution in [0.5, 0.6) is 0 Å². The van der Waals surface area contributed by atoms with Gasteiger partial charge in [-0.25, -0.2) is 14.5 Å². The first kappa shape index (κ1) is 21.6. The molecular formula is C25H23N5O4. The zero-order valence-electron chi connectivity index (χ0n) is 18.6. The lowest BCUT2D eigenvalue weighted by Gasteiger charge is -2.29. The zero-order valence-corrected chi connectivity index (χ0v) is 18.6. The topological polar surface area (TPSA) is 110 Å². The first-order valence-electron chi connectivity index (χ1n) is 10.9. The third kappa shape index (κ3) is 3.86. The van der Waals surface area contributed by atoms with Crippen molar-refractivity contribution in [3.63, 3.8) is 0 Å². The van der Waals surface area contributed by atoms with Crippen molar-refractivity contribution in [3.05, 3.63) is 72.1 Å². The molecule has 9 heteroatoms. The minimum Gasteiger partial charge on any atom is -0.477 e. The lowest BCUT2D eigenvalue weighted by molar-refractivity contribution is 0.0690. The zero-order chi connectivity index (χ0) is 23.7. The molecule has 1 fully saturated rings. The maximum atomic E-state index is 12.8. The van der Waals surface area contributed by atoms with Crippen molar-refractivity contribution in [3.8, 4) is 16.8 Å². The summed E-state index contributed by atoms with van der Waals surface area (Å²) in [6.45, 7) is 2.99. The van der Waals surface area contributed by atoms with E-state index in [1.165, 1.54) is 17.8 Å². The van der Waals surface area contributed by atoms with Crippen LogP contribution in [0.25, 0.3) is 27.8 Å². The number of para-hydroxylation sites is 1.